The Bertz CT molecular complexity index is 403. The fourth-order valence-electron chi connectivity index (χ4n) is 2.28. The zero-order chi connectivity index (χ0) is 13.7. The maximum Gasteiger partial charge on any atom is 0.240 e. The molecule has 19 heavy (non-hydrogen) atoms. The van der Waals surface area contributed by atoms with Crippen LogP contribution in [0.25, 0.3) is 0 Å². The van der Waals surface area contributed by atoms with Crippen molar-refractivity contribution in [2.45, 2.75) is 19.4 Å². The molecular formula is C15H23N3O. The van der Waals surface area contributed by atoms with E-state index in [1.54, 1.807) is 4.90 Å². The summed E-state index contributed by atoms with van der Waals surface area (Å²) in [5, 5.41) is 3.27. The maximum atomic E-state index is 12.3. The third-order valence-electron chi connectivity index (χ3n) is 3.64. The van der Waals surface area contributed by atoms with Crippen molar-refractivity contribution in [2.24, 2.45) is 0 Å². The summed E-state index contributed by atoms with van der Waals surface area (Å²) in [5.74, 6) is 0.159. The number of anilines is 1. The standard InChI is InChI=1S/C15H23N3O/c1-3-9-18(14-10-16-11-14)12-15(19)17(2)13-7-5-4-6-8-13/h4-8,14,16H,3,9-12H2,1-2H3. The molecule has 1 fully saturated rings. The molecule has 1 saturated heterocycles. The first kappa shape index (κ1) is 14.0. The zero-order valence-corrected chi connectivity index (χ0v) is 11.8. The minimum Gasteiger partial charge on any atom is -0.314 e. The Hall–Kier alpha value is -1.39. The fourth-order valence-corrected chi connectivity index (χ4v) is 2.28. The van der Waals surface area contributed by atoms with Gasteiger partial charge in [0.05, 0.1) is 6.54 Å². The number of likely N-dealkylation sites (N-methyl/N-ethyl adjacent to an activating group) is 1. The SMILES string of the molecule is CCCN(CC(=O)N(C)c1ccccc1)C1CNC1. The van der Waals surface area contributed by atoms with Crippen molar-refractivity contribution < 1.29 is 4.79 Å². The quantitative estimate of drug-likeness (QED) is 0.839. The molecule has 1 aromatic carbocycles. The molecular weight excluding hydrogens is 238 g/mol. The van der Waals surface area contributed by atoms with Crippen molar-refractivity contribution in [3.8, 4) is 0 Å². The van der Waals surface area contributed by atoms with Crippen LogP contribution in [0.15, 0.2) is 30.3 Å². The maximum absolute atomic E-state index is 12.3. The average molecular weight is 261 g/mol. The molecule has 104 valence electrons. The third kappa shape index (κ3) is 3.55. The van der Waals surface area contributed by atoms with Crippen LogP contribution >= 0.6 is 0 Å². The number of amides is 1. The Kier molecular flexibility index (Phi) is 4.93. The number of benzene rings is 1. The van der Waals surface area contributed by atoms with E-state index >= 15 is 0 Å². The van der Waals surface area contributed by atoms with Crippen LogP contribution in [0.4, 0.5) is 5.69 Å². The Morgan fingerprint density at radius 1 is 1.32 bits per heavy atom. The van der Waals surface area contributed by atoms with Gasteiger partial charge in [0.15, 0.2) is 0 Å². The van der Waals surface area contributed by atoms with Gasteiger partial charge in [0, 0.05) is 31.9 Å². The van der Waals surface area contributed by atoms with Gasteiger partial charge in [0.25, 0.3) is 0 Å². The first-order chi connectivity index (χ1) is 9.22. The Labute approximate surface area is 115 Å². The molecule has 0 atom stereocenters. The summed E-state index contributed by atoms with van der Waals surface area (Å²) in [5.41, 5.74) is 0.954. The molecule has 0 aromatic heterocycles. The number of nitrogens with zero attached hydrogens (tertiary/aromatic N) is 2. The van der Waals surface area contributed by atoms with Gasteiger partial charge in [-0.3, -0.25) is 9.69 Å². The number of nitrogens with one attached hydrogen (secondary N) is 1. The Morgan fingerprint density at radius 3 is 2.53 bits per heavy atom. The normalized spacial score (nSPS) is 15.3. The number of hydrogen-bond donors (Lipinski definition) is 1. The van der Waals surface area contributed by atoms with E-state index in [0.717, 1.165) is 31.7 Å². The molecule has 0 saturated carbocycles. The third-order valence-corrected chi connectivity index (χ3v) is 3.64. The molecule has 1 amide bonds. The molecule has 2 rings (SSSR count). The molecule has 0 radical (unpaired) electrons. The van der Waals surface area contributed by atoms with Gasteiger partial charge in [-0.2, -0.15) is 0 Å². The monoisotopic (exact) mass is 261 g/mol. The van der Waals surface area contributed by atoms with Gasteiger partial charge in [0.2, 0.25) is 5.91 Å². The van der Waals surface area contributed by atoms with Crippen LogP contribution in [0.3, 0.4) is 0 Å². The van der Waals surface area contributed by atoms with Crippen molar-refractivity contribution in [2.75, 3.05) is 38.1 Å². The summed E-state index contributed by atoms with van der Waals surface area (Å²) in [6.45, 7) is 5.65. The van der Waals surface area contributed by atoms with Gasteiger partial charge in [-0.15, -0.1) is 0 Å². The summed E-state index contributed by atoms with van der Waals surface area (Å²) in [6, 6.07) is 10.3. The lowest BCUT2D eigenvalue weighted by atomic mass is 10.1. The van der Waals surface area contributed by atoms with E-state index < -0.39 is 0 Å². The summed E-state index contributed by atoms with van der Waals surface area (Å²) in [4.78, 5) is 16.4. The first-order valence-corrected chi connectivity index (χ1v) is 6.98. The molecule has 1 aliphatic heterocycles. The van der Waals surface area contributed by atoms with Crippen LogP contribution in [0.2, 0.25) is 0 Å². The molecule has 1 N–H and O–H groups in total. The predicted molar refractivity (Wildman–Crippen MR) is 78.4 cm³/mol. The number of carbonyl (C=O) groups excluding carboxylic acids is 1. The van der Waals surface area contributed by atoms with Gasteiger partial charge < -0.3 is 10.2 Å². The number of carbonyl (C=O) groups is 1. The summed E-state index contributed by atoms with van der Waals surface area (Å²) < 4.78 is 0. The van der Waals surface area contributed by atoms with E-state index in [1.807, 2.05) is 37.4 Å². The van der Waals surface area contributed by atoms with Crippen molar-refractivity contribution in [3.05, 3.63) is 30.3 Å². The minimum atomic E-state index is 0.159. The topological polar surface area (TPSA) is 35.6 Å². The molecule has 1 heterocycles. The first-order valence-electron chi connectivity index (χ1n) is 6.98. The second-order valence-corrected chi connectivity index (χ2v) is 5.07. The van der Waals surface area contributed by atoms with Gasteiger partial charge in [-0.1, -0.05) is 25.1 Å². The van der Waals surface area contributed by atoms with Crippen LogP contribution in [0, 0.1) is 0 Å². The minimum absolute atomic E-state index is 0.159. The number of para-hydroxylation sites is 1. The zero-order valence-electron chi connectivity index (χ0n) is 11.8. The predicted octanol–water partition coefficient (Wildman–Crippen LogP) is 1.33. The second kappa shape index (κ2) is 6.68. The lowest BCUT2D eigenvalue weighted by Gasteiger charge is -2.38. The largest absolute Gasteiger partial charge is 0.314 e. The van der Waals surface area contributed by atoms with Gasteiger partial charge in [-0.05, 0) is 25.1 Å². The molecule has 4 nitrogen and oxygen atoms in total. The van der Waals surface area contributed by atoms with E-state index in [1.165, 1.54) is 0 Å². The summed E-state index contributed by atoms with van der Waals surface area (Å²) >= 11 is 0. The smallest absolute Gasteiger partial charge is 0.240 e. The highest BCUT2D eigenvalue weighted by Crippen LogP contribution is 2.13. The van der Waals surface area contributed by atoms with Crippen molar-refractivity contribution >= 4 is 11.6 Å². The number of rotatable bonds is 6. The van der Waals surface area contributed by atoms with E-state index in [-0.39, 0.29) is 5.91 Å². The van der Waals surface area contributed by atoms with E-state index in [2.05, 4.69) is 17.1 Å². The molecule has 1 aliphatic rings. The average Bonchev–Trinajstić information content (AvgIpc) is 2.37. The lowest BCUT2D eigenvalue weighted by Crippen LogP contribution is -2.59. The van der Waals surface area contributed by atoms with Crippen LogP contribution in [0.5, 0.6) is 0 Å². The van der Waals surface area contributed by atoms with Crippen LogP contribution in [-0.2, 0) is 4.79 Å². The van der Waals surface area contributed by atoms with E-state index in [9.17, 15) is 4.79 Å². The van der Waals surface area contributed by atoms with Crippen molar-refractivity contribution in [1.29, 1.82) is 0 Å². The van der Waals surface area contributed by atoms with E-state index in [4.69, 9.17) is 0 Å². The summed E-state index contributed by atoms with van der Waals surface area (Å²) in [6.07, 6.45) is 1.08. The second-order valence-electron chi connectivity index (χ2n) is 5.07. The van der Waals surface area contributed by atoms with Crippen LogP contribution < -0.4 is 10.2 Å². The highest BCUT2D eigenvalue weighted by molar-refractivity contribution is 5.94. The van der Waals surface area contributed by atoms with Crippen molar-refractivity contribution in [1.82, 2.24) is 10.2 Å². The molecule has 0 unspecified atom stereocenters. The fraction of sp³-hybridized carbons (Fsp3) is 0.533. The van der Waals surface area contributed by atoms with Gasteiger partial charge in [0.1, 0.15) is 0 Å². The van der Waals surface area contributed by atoms with Crippen molar-refractivity contribution in [3.63, 3.8) is 0 Å². The van der Waals surface area contributed by atoms with E-state index in [0.29, 0.717) is 12.6 Å². The molecule has 0 bridgehead atoms. The number of hydrogen-bond acceptors (Lipinski definition) is 3. The lowest BCUT2D eigenvalue weighted by molar-refractivity contribution is -0.120. The Balaban J connectivity index is 1.94. The van der Waals surface area contributed by atoms with Gasteiger partial charge >= 0.3 is 0 Å². The van der Waals surface area contributed by atoms with Gasteiger partial charge in [-0.25, -0.2) is 0 Å². The van der Waals surface area contributed by atoms with Crippen LogP contribution in [0.1, 0.15) is 13.3 Å². The highest BCUT2D eigenvalue weighted by atomic mass is 16.2. The highest BCUT2D eigenvalue weighted by Gasteiger charge is 2.26. The Morgan fingerprint density at radius 2 is 2.00 bits per heavy atom. The summed E-state index contributed by atoms with van der Waals surface area (Å²) in [7, 11) is 1.85. The molecule has 0 aliphatic carbocycles. The molecule has 0 spiro atoms. The molecule has 1 aromatic rings. The molecule has 4 heteroatoms. The van der Waals surface area contributed by atoms with Crippen LogP contribution in [-0.4, -0.2) is 50.1 Å².